The second kappa shape index (κ2) is 13.8. The number of pyridine rings is 1. The van der Waals surface area contributed by atoms with Crippen molar-refractivity contribution < 1.29 is 48.5 Å². The van der Waals surface area contributed by atoms with Gasteiger partial charge in [-0.2, -0.15) is 21.6 Å². The molecule has 0 atom stereocenters. The van der Waals surface area contributed by atoms with Gasteiger partial charge in [0.05, 0.1) is 23.7 Å². The Labute approximate surface area is 223 Å². The SMILES string of the molecule is CCCCCS(=O)(=O)NC(=O)OCc1c(C(F)(F)F)cnc(OCCCS(=O)(=O)Oc2ccccc2)c1Cl. The van der Waals surface area contributed by atoms with Crippen molar-refractivity contribution in [3.8, 4) is 11.6 Å². The predicted octanol–water partition coefficient (Wildman–Crippen LogP) is 4.68. The van der Waals surface area contributed by atoms with Crippen molar-refractivity contribution >= 4 is 37.8 Å². The smallest absolute Gasteiger partial charge is 0.421 e. The number of hydrogen-bond acceptors (Lipinski definition) is 9. The maximum Gasteiger partial charge on any atom is 0.421 e. The van der Waals surface area contributed by atoms with E-state index in [2.05, 4.69) is 9.72 Å². The van der Waals surface area contributed by atoms with E-state index in [1.54, 1.807) is 22.9 Å². The van der Waals surface area contributed by atoms with Gasteiger partial charge in [0.2, 0.25) is 15.9 Å². The highest BCUT2D eigenvalue weighted by atomic mass is 35.5. The van der Waals surface area contributed by atoms with Crippen LogP contribution < -0.4 is 13.6 Å². The first-order chi connectivity index (χ1) is 17.7. The second-order valence-corrected chi connectivity index (χ2v) is 11.7. The molecule has 2 rings (SSSR count). The van der Waals surface area contributed by atoms with Gasteiger partial charge in [0.25, 0.3) is 0 Å². The van der Waals surface area contributed by atoms with Gasteiger partial charge in [-0.1, -0.05) is 49.6 Å². The molecule has 2 aromatic rings. The van der Waals surface area contributed by atoms with E-state index >= 15 is 0 Å². The minimum Gasteiger partial charge on any atom is -0.477 e. The molecule has 1 aromatic carbocycles. The number of sulfonamides is 1. The van der Waals surface area contributed by atoms with Crippen LogP contribution in [0.2, 0.25) is 5.02 Å². The summed E-state index contributed by atoms with van der Waals surface area (Å²) >= 11 is 6.04. The number of unbranched alkanes of at least 4 members (excludes halogenated alkanes) is 2. The molecule has 1 heterocycles. The summed E-state index contributed by atoms with van der Waals surface area (Å²) in [5, 5.41) is -0.637. The number of carbonyl (C=O) groups is 1. The zero-order valence-corrected chi connectivity index (χ0v) is 22.6. The number of para-hydroxylation sites is 1. The number of nitrogens with zero attached hydrogens (tertiary/aromatic N) is 1. The molecule has 1 aromatic heterocycles. The van der Waals surface area contributed by atoms with Crippen LogP contribution in [0.4, 0.5) is 18.0 Å². The lowest BCUT2D eigenvalue weighted by molar-refractivity contribution is -0.139. The van der Waals surface area contributed by atoms with Crippen molar-refractivity contribution in [1.82, 2.24) is 9.71 Å². The Morgan fingerprint density at radius 1 is 1.05 bits per heavy atom. The van der Waals surface area contributed by atoms with Crippen molar-refractivity contribution in [3.63, 3.8) is 0 Å². The molecular weight excluding hydrogens is 577 g/mol. The van der Waals surface area contributed by atoms with E-state index in [0.717, 1.165) is 6.42 Å². The molecule has 0 saturated carbocycles. The third-order valence-electron chi connectivity index (χ3n) is 4.74. The average molecular weight is 603 g/mol. The van der Waals surface area contributed by atoms with E-state index < -0.39 is 66.8 Å². The summed E-state index contributed by atoms with van der Waals surface area (Å²) in [5.74, 6) is -1.18. The van der Waals surface area contributed by atoms with Crippen LogP contribution in [0, 0.1) is 0 Å². The summed E-state index contributed by atoms with van der Waals surface area (Å²) in [5.41, 5.74) is -2.05. The maximum atomic E-state index is 13.5. The zero-order valence-electron chi connectivity index (χ0n) is 20.2. The van der Waals surface area contributed by atoms with Crippen LogP contribution in [0.25, 0.3) is 0 Å². The summed E-state index contributed by atoms with van der Waals surface area (Å²) in [6, 6.07) is 7.75. The molecule has 0 aliphatic rings. The van der Waals surface area contributed by atoms with Gasteiger partial charge >= 0.3 is 22.4 Å². The Hall–Kier alpha value is -2.78. The fraction of sp³-hybridized carbons (Fsp3) is 0.455. The third kappa shape index (κ3) is 10.5. The number of halogens is 4. The van der Waals surface area contributed by atoms with Crippen molar-refractivity contribution in [2.24, 2.45) is 0 Å². The van der Waals surface area contributed by atoms with Crippen LogP contribution in [0.1, 0.15) is 43.7 Å². The van der Waals surface area contributed by atoms with Gasteiger partial charge in [0.15, 0.2) is 0 Å². The zero-order chi connectivity index (χ0) is 28.4. The molecule has 38 heavy (non-hydrogen) atoms. The summed E-state index contributed by atoms with van der Waals surface area (Å²) in [6.45, 7) is 0.514. The van der Waals surface area contributed by atoms with Crippen LogP contribution in [-0.2, 0) is 37.7 Å². The van der Waals surface area contributed by atoms with Gasteiger partial charge < -0.3 is 13.7 Å². The van der Waals surface area contributed by atoms with Gasteiger partial charge in [-0.05, 0) is 25.0 Å². The van der Waals surface area contributed by atoms with Crippen LogP contribution in [0.3, 0.4) is 0 Å². The average Bonchev–Trinajstić information content (AvgIpc) is 2.81. The second-order valence-electron chi connectivity index (χ2n) is 7.83. The molecule has 212 valence electrons. The first-order valence-electron chi connectivity index (χ1n) is 11.3. The first-order valence-corrected chi connectivity index (χ1v) is 14.9. The highest BCUT2D eigenvalue weighted by Crippen LogP contribution is 2.38. The Morgan fingerprint density at radius 3 is 2.37 bits per heavy atom. The number of rotatable bonds is 14. The summed E-state index contributed by atoms with van der Waals surface area (Å²) < 4.78 is 105. The molecule has 0 fully saturated rings. The molecule has 0 unspecified atom stereocenters. The number of aromatic nitrogens is 1. The van der Waals surface area contributed by atoms with Gasteiger partial charge in [-0.25, -0.2) is 22.9 Å². The molecule has 10 nitrogen and oxygen atoms in total. The summed E-state index contributed by atoms with van der Waals surface area (Å²) in [7, 11) is -8.01. The fourth-order valence-corrected chi connectivity index (χ4v) is 5.17. The van der Waals surface area contributed by atoms with Crippen molar-refractivity contribution in [1.29, 1.82) is 0 Å². The molecule has 1 amide bonds. The first kappa shape index (κ1) is 31.4. The van der Waals surface area contributed by atoms with Crippen molar-refractivity contribution in [2.75, 3.05) is 18.1 Å². The standard InChI is InChI=1S/C22H26ClF3N2O8S2/c1-2-3-7-12-37(30,31)28-21(29)35-15-17-18(22(24,25)26)14-27-20(19(17)23)34-11-8-13-38(32,33)36-16-9-5-4-6-10-16/h4-6,9-10,14H,2-3,7-8,11-13,15H2,1H3,(H,28,29). The molecule has 0 bridgehead atoms. The molecule has 0 aliphatic carbocycles. The number of carbonyl (C=O) groups excluding carboxylic acids is 1. The number of alkyl halides is 3. The third-order valence-corrected chi connectivity index (χ3v) is 7.67. The van der Waals surface area contributed by atoms with E-state index in [-0.39, 0.29) is 31.0 Å². The van der Waals surface area contributed by atoms with E-state index in [0.29, 0.717) is 12.6 Å². The number of nitrogens with one attached hydrogen (secondary N) is 1. The number of hydrogen-bond donors (Lipinski definition) is 1. The van der Waals surface area contributed by atoms with Crippen LogP contribution >= 0.6 is 11.6 Å². The molecule has 1 N–H and O–H groups in total. The topological polar surface area (TPSA) is 138 Å². The summed E-state index contributed by atoms with van der Waals surface area (Å²) in [4.78, 5) is 15.4. The van der Waals surface area contributed by atoms with Crippen LogP contribution in [0.15, 0.2) is 36.5 Å². The van der Waals surface area contributed by atoms with Gasteiger partial charge in [0, 0.05) is 11.8 Å². The van der Waals surface area contributed by atoms with E-state index in [1.165, 1.54) is 12.1 Å². The fourth-order valence-electron chi connectivity index (χ4n) is 2.95. The van der Waals surface area contributed by atoms with E-state index in [4.69, 9.17) is 20.5 Å². The molecule has 16 heteroatoms. The number of amides is 1. The molecule has 0 aliphatic heterocycles. The lowest BCUT2D eigenvalue weighted by Gasteiger charge is -2.17. The Bertz CT molecular complexity index is 1290. The van der Waals surface area contributed by atoms with Crippen LogP contribution in [0.5, 0.6) is 11.6 Å². The normalized spacial score (nSPS) is 12.1. The van der Waals surface area contributed by atoms with Crippen molar-refractivity contribution in [2.45, 2.75) is 45.4 Å². The number of benzene rings is 1. The summed E-state index contributed by atoms with van der Waals surface area (Å²) in [6.07, 6.45) is -4.48. The molecule has 0 saturated heterocycles. The lowest BCUT2D eigenvalue weighted by atomic mass is 10.1. The molecule has 0 spiro atoms. The largest absolute Gasteiger partial charge is 0.477 e. The quantitative estimate of drug-likeness (QED) is 0.241. The Balaban J connectivity index is 2.03. The molecule has 0 radical (unpaired) electrons. The number of ether oxygens (including phenoxy) is 2. The van der Waals surface area contributed by atoms with Crippen LogP contribution in [-0.4, -0.2) is 46.0 Å². The Kier molecular flexibility index (Phi) is 11.5. The monoisotopic (exact) mass is 602 g/mol. The van der Waals surface area contributed by atoms with E-state index in [9.17, 15) is 34.8 Å². The highest BCUT2D eigenvalue weighted by molar-refractivity contribution is 7.90. The Morgan fingerprint density at radius 2 is 1.74 bits per heavy atom. The van der Waals surface area contributed by atoms with Gasteiger partial charge in [-0.3, -0.25) is 0 Å². The minimum atomic E-state index is -4.93. The minimum absolute atomic E-state index is 0.113. The lowest BCUT2D eigenvalue weighted by Crippen LogP contribution is -2.33. The van der Waals surface area contributed by atoms with E-state index in [1.807, 2.05) is 6.92 Å². The maximum absolute atomic E-state index is 13.5. The molecular formula is C22H26ClF3N2O8S2. The van der Waals surface area contributed by atoms with Gasteiger partial charge in [-0.15, -0.1) is 0 Å². The predicted molar refractivity (Wildman–Crippen MR) is 132 cm³/mol. The van der Waals surface area contributed by atoms with Crippen molar-refractivity contribution in [3.05, 3.63) is 52.7 Å². The van der Waals surface area contributed by atoms with Gasteiger partial charge in [0.1, 0.15) is 17.4 Å². The highest BCUT2D eigenvalue weighted by Gasteiger charge is 2.36.